The van der Waals surface area contributed by atoms with Crippen LogP contribution in [0.3, 0.4) is 0 Å². The molecule has 2 aliphatic rings. The van der Waals surface area contributed by atoms with Gasteiger partial charge in [-0.05, 0) is 44.0 Å². The largest absolute Gasteiger partial charge is 0.495 e. The monoisotopic (exact) mass is 541 g/mol. The molecule has 3 N–H and O–H groups in total. The molecule has 0 bridgehead atoms. The van der Waals surface area contributed by atoms with Crippen LogP contribution in [0.4, 0.5) is 11.6 Å². The first-order chi connectivity index (χ1) is 19.4. The summed E-state index contributed by atoms with van der Waals surface area (Å²) in [6.45, 7) is 4.23. The highest BCUT2D eigenvalue weighted by molar-refractivity contribution is 6.04. The SMILES string of the molecule is COc1ccc(NC(=O)c2ccc(-c3nc(C4CCCN(C(=O)C5(C)COC5)C4)n4ccnc(N)c34)cc2)nc1. The lowest BCUT2D eigenvalue weighted by Gasteiger charge is -2.42. The molecular formula is C29H31N7O4. The maximum Gasteiger partial charge on any atom is 0.256 e. The Morgan fingerprint density at radius 2 is 1.95 bits per heavy atom. The Balaban J connectivity index is 1.26. The third-order valence-corrected chi connectivity index (χ3v) is 7.68. The van der Waals surface area contributed by atoms with E-state index in [-0.39, 0.29) is 17.7 Å². The molecule has 206 valence electrons. The average molecular weight is 542 g/mol. The smallest absolute Gasteiger partial charge is 0.256 e. The highest BCUT2D eigenvalue weighted by Crippen LogP contribution is 2.36. The Morgan fingerprint density at radius 3 is 2.62 bits per heavy atom. The number of imidazole rings is 1. The molecule has 1 aromatic carbocycles. The van der Waals surface area contributed by atoms with Gasteiger partial charge in [-0.15, -0.1) is 0 Å². The molecule has 0 saturated carbocycles. The highest BCUT2D eigenvalue weighted by Gasteiger charge is 2.44. The first-order valence-corrected chi connectivity index (χ1v) is 13.3. The number of rotatable bonds is 6. The zero-order chi connectivity index (χ0) is 27.9. The summed E-state index contributed by atoms with van der Waals surface area (Å²) >= 11 is 0. The van der Waals surface area contributed by atoms with Crippen LogP contribution < -0.4 is 15.8 Å². The maximum atomic E-state index is 13.2. The zero-order valence-electron chi connectivity index (χ0n) is 22.5. The van der Waals surface area contributed by atoms with Gasteiger partial charge in [0.05, 0.1) is 31.9 Å². The van der Waals surface area contributed by atoms with Crippen LogP contribution in [-0.2, 0) is 9.53 Å². The molecule has 11 heteroatoms. The molecule has 1 atom stereocenters. The normalized spacial score (nSPS) is 18.2. The molecule has 0 radical (unpaired) electrons. The number of pyridine rings is 1. The van der Waals surface area contributed by atoms with E-state index < -0.39 is 5.41 Å². The maximum absolute atomic E-state index is 13.2. The number of piperidine rings is 1. The molecule has 2 fully saturated rings. The quantitative estimate of drug-likeness (QED) is 0.379. The second-order valence-electron chi connectivity index (χ2n) is 10.6. The molecule has 40 heavy (non-hydrogen) atoms. The second-order valence-corrected chi connectivity index (χ2v) is 10.6. The fourth-order valence-corrected chi connectivity index (χ4v) is 5.41. The van der Waals surface area contributed by atoms with Gasteiger partial charge in [0.2, 0.25) is 5.91 Å². The summed E-state index contributed by atoms with van der Waals surface area (Å²) in [7, 11) is 1.56. The summed E-state index contributed by atoms with van der Waals surface area (Å²) in [5.74, 6) is 2.16. The van der Waals surface area contributed by atoms with Gasteiger partial charge in [-0.3, -0.25) is 14.0 Å². The number of hydrogen-bond donors (Lipinski definition) is 2. The average Bonchev–Trinajstić information content (AvgIpc) is 3.37. The van der Waals surface area contributed by atoms with Crippen LogP contribution in [0.25, 0.3) is 16.8 Å². The van der Waals surface area contributed by atoms with Gasteiger partial charge >= 0.3 is 0 Å². The number of hydrogen-bond acceptors (Lipinski definition) is 8. The van der Waals surface area contributed by atoms with Gasteiger partial charge in [0.15, 0.2) is 0 Å². The van der Waals surface area contributed by atoms with Gasteiger partial charge in [0.1, 0.15) is 34.4 Å². The molecular weight excluding hydrogens is 510 g/mol. The Morgan fingerprint density at radius 1 is 1.15 bits per heavy atom. The number of nitrogen functional groups attached to an aromatic ring is 1. The molecule has 2 saturated heterocycles. The van der Waals surface area contributed by atoms with Crippen molar-refractivity contribution in [3.05, 3.63) is 66.4 Å². The van der Waals surface area contributed by atoms with E-state index in [1.807, 2.05) is 34.6 Å². The van der Waals surface area contributed by atoms with Crippen LogP contribution in [-0.4, -0.2) is 69.5 Å². The van der Waals surface area contributed by atoms with Crippen LogP contribution in [0.5, 0.6) is 5.75 Å². The predicted molar refractivity (Wildman–Crippen MR) is 149 cm³/mol. The van der Waals surface area contributed by atoms with E-state index in [9.17, 15) is 9.59 Å². The fourth-order valence-electron chi connectivity index (χ4n) is 5.41. The number of benzene rings is 1. The Kier molecular flexibility index (Phi) is 6.59. The summed E-state index contributed by atoms with van der Waals surface area (Å²) in [6.07, 6.45) is 6.88. The summed E-state index contributed by atoms with van der Waals surface area (Å²) in [6, 6.07) is 10.6. The molecule has 2 aliphatic heterocycles. The summed E-state index contributed by atoms with van der Waals surface area (Å²) < 4.78 is 12.4. The number of methoxy groups -OCH3 is 1. The van der Waals surface area contributed by atoms with E-state index in [1.54, 1.807) is 43.8 Å². The van der Waals surface area contributed by atoms with Crippen molar-refractivity contribution in [3.8, 4) is 17.0 Å². The minimum atomic E-state index is -0.437. The number of carbonyl (C=O) groups excluding carboxylic acids is 2. The number of likely N-dealkylation sites (tertiary alicyclic amines) is 1. The van der Waals surface area contributed by atoms with Crippen molar-refractivity contribution >= 4 is 29.0 Å². The van der Waals surface area contributed by atoms with Crippen LogP contribution >= 0.6 is 0 Å². The van der Waals surface area contributed by atoms with Crippen LogP contribution in [0, 0.1) is 5.41 Å². The van der Waals surface area contributed by atoms with Crippen LogP contribution in [0.1, 0.15) is 41.9 Å². The van der Waals surface area contributed by atoms with Crippen molar-refractivity contribution in [3.63, 3.8) is 0 Å². The molecule has 4 aromatic rings. The fraction of sp³-hybridized carbons (Fsp3) is 0.345. The third-order valence-electron chi connectivity index (χ3n) is 7.68. The Labute approximate surface area is 231 Å². The number of amides is 2. The first kappa shape index (κ1) is 25.8. The van der Waals surface area contributed by atoms with E-state index in [0.717, 1.165) is 30.8 Å². The summed E-state index contributed by atoms with van der Waals surface area (Å²) in [4.78, 5) is 41.5. The van der Waals surface area contributed by atoms with Gasteiger partial charge in [-0.2, -0.15) is 0 Å². The number of nitrogens with two attached hydrogens (primary N) is 1. The number of anilines is 2. The molecule has 6 rings (SSSR count). The van der Waals surface area contributed by atoms with E-state index >= 15 is 0 Å². The number of aromatic nitrogens is 4. The van der Waals surface area contributed by atoms with Crippen LogP contribution in [0.15, 0.2) is 55.0 Å². The molecule has 2 amide bonds. The van der Waals surface area contributed by atoms with Crippen molar-refractivity contribution in [1.29, 1.82) is 0 Å². The van der Waals surface area contributed by atoms with Crippen molar-refractivity contribution in [2.45, 2.75) is 25.7 Å². The van der Waals surface area contributed by atoms with Gasteiger partial charge in [0.25, 0.3) is 5.91 Å². The predicted octanol–water partition coefficient (Wildman–Crippen LogP) is 3.38. The zero-order valence-corrected chi connectivity index (χ0v) is 22.5. The Hall–Kier alpha value is -4.51. The standard InChI is InChI=1S/C29H31N7O4/c1-29(16-40-17-29)28(38)35-12-3-4-20(15-35)26-34-23(24-25(30)31-11-13-36(24)26)18-5-7-19(8-6-18)27(37)33-22-10-9-21(39-2)14-32-22/h5-11,13-14,20H,3-4,12,15-17H2,1-2H3,(H2,30,31)(H,32,33,37). The highest BCUT2D eigenvalue weighted by atomic mass is 16.5. The van der Waals surface area contributed by atoms with Crippen molar-refractivity contribution in [1.82, 2.24) is 24.3 Å². The molecule has 3 aromatic heterocycles. The summed E-state index contributed by atoms with van der Waals surface area (Å²) in [5.41, 5.74) is 8.60. The van der Waals surface area contributed by atoms with Gasteiger partial charge < -0.3 is 25.4 Å². The van der Waals surface area contributed by atoms with E-state index in [1.165, 1.54) is 0 Å². The number of ether oxygens (including phenoxy) is 2. The van der Waals surface area contributed by atoms with Crippen LogP contribution in [0.2, 0.25) is 0 Å². The van der Waals surface area contributed by atoms with Crippen molar-refractivity contribution < 1.29 is 19.1 Å². The van der Waals surface area contributed by atoms with Crippen molar-refractivity contribution in [2.24, 2.45) is 5.41 Å². The van der Waals surface area contributed by atoms with Gasteiger partial charge in [-0.25, -0.2) is 15.0 Å². The minimum Gasteiger partial charge on any atom is -0.495 e. The van der Waals surface area contributed by atoms with E-state index in [4.69, 9.17) is 20.2 Å². The Bertz CT molecular complexity index is 1560. The van der Waals surface area contributed by atoms with E-state index in [2.05, 4.69) is 15.3 Å². The number of nitrogens with one attached hydrogen (secondary N) is 1. The minimum absolute atomic E-state index is 0.0485. The van der Waals surface area contributed by atoms with E-state index in [0.29, 0.717) is 53.9 Å². The summed E-state index contributed by atoms with van der Waals surface area (Å²) in [5, 5.41) is 2.79. The van der Waals surface area contributed by atoms with Gasteiger partial charge in [-0.1, -0.05) is 12.1 Å². The number of carbonyl (C=O) groups is 2. The lowest BCUT2D eigenvalue weighted by atomic mass is 9.85. The number of nitrogens with zero attached hydrogens (tertiary/aromatic N) is 5. The third kappa shape index (κ3) is 4.62. The molecule has 1 unspecified atom stereocenters. The second kappa shape index (κ2) is 10.2. The van der Waals surface area contributed by atoms with Gasteiger partial charge in [0, 0.05) is 42.5 Å². The topological polar surface area (TPSA) is 137 Å². The molecule has 5 heterocycles. The number of fused-ring (bicyclic) bond motifs is 1. The molecule has 0 spiro atoms. The lowest BCUT2D eigenvalue weighted by molar-refractivity contribution is -0.169. The molecule has 11 nitrogen and oxygen atoms in total. The lowest BCUT2D eigenvalue weighted by Crippen LogP contribution is -2.55. The van der Waals surface area contributed by atoms with Crippen molar-refractivity contribution in [2.75, 3.05) is 44.5 Å². The molecule has 0 aliphatic carbocycles. The first-order valence-electron chi connectivity index (χ1n) is 13.3.